The third kappa shape index (κ3) is 3.75. The van der Waals surface area contributed by atoms with Gasteiger partial charge < -0.3 is 4.90 Å². The van der Waals surface area contributed by atoms with Crippen molar-refractivity contribution in [3.05, 3.63) is 54.1 Å². The van der Waals surface area contributed by atoms with Crippen molar-refractivity contribution >= 4 is 16.7 Å². The summed E-state index contributed by atoms with van der Waals surface area (Å²) in [6.45, 7) is 7.86. The second kappa shape index (κ2) is 7.89. The number of nitrogens with zero attached hydrogens (tertiary/aromatic N) is 5. The van der Waals surface area contributed by atoms with Crippen molar-refractivity contribution in [1.82, 2.24) is 20.1 Å². The third-order valence-electron chi connectivity index (χ3n) is 6.16. The van der Waals surface area contributed by atoms with Gasteiger partial charge in [0.15, 0.2) is 0 Å². The van der Waals surface area contributed by atoms with E-state index in [2.05, 4.69) is 67.5 Å². The topological polar surface area (TPSA) is 48.6 Å². The van der Waals surface area contributed by atoms with Crippen LogP contribution in [0.2, 0.25) is 0 Å². The number of benzene rings is 2. The molecule has 3 heterocycles. The van der Waals surface area contributed by atoms with Crippen molar-refractivity contribution in [2.24, 2.45) is 0 Å². The number of anilines is 1. The molecule has 2 aliphatic heterocycles. The first-order valence-corrected chi connectivity index (χ1v) is 10.3. The molecule has 6 nitrogen and oxygen atoms in total. The highest BCUT2D eigenvalue weighted by Crippen LogP contribution is 2.22. The molecule has 1 aromatic heterocycles. The molecule has 1 atom stereocenters. The van der Waals surface area contributed by atoms with E-state index in [0.29, 0.717) is 6.04 Å². The van der Waals surface area contributed by atoms with Crippen LogP contribution in [0.3, 0.4) is 0 Å². The number of fused-ring (bicyclic) bond motifs is 1. The van der Waals surface area contributed by atoms with Crippen molar-refractivity contribution in [3.8, 4) is 0 Å². The summed E-state index contributed by atoms with van der Waals surface area (Å²) in [5, 5.41) is 7.87. The van der Waals surface area contributed by atoms with E-state index in [1.165, 1.54) is 30.6 Å². The van der Waals surface area contributed by atoms with Gasteiger partial charge in [-0.15, -0.1) is 0 Å². The number of para-hydroxylation sites is 1. The lowest BCUT2D eigenvalue weighted by Gasteiger charge is -2.44. The Morgan fingerprint density at radius 3 is 2.57 bits per heavy atom. The zero-order chi connectivity index (χ0) is 18.8. The number of hydrogen-bond donors (Lipinski definition) is 0. The number of hydrogen-bond acceptors (Lipinski definition) is 6. The minimum atomic E-state index is 0.670. The summed E-state index contributed by atoms with van der Waals surface area (Å²) in [5.41, 5.74) is 4.32. The minimum Gasteiger partial charge on any atom is -0.369 e. The molecule has 2 saturated heterocycles. The van der Waals surface area contributed by atoms with Crippen molar-refractivity contribution in [2.45, 2.75) is 25.4 Å². The maximum Gasteiger partial charge on any atom is 0.135 e. The fourth-order valence-corrected chi connectivity index (χ4v) is 4.64. The maximum atomic E-state index is 4.82. The molecule has 0 amide bonds. The summed E-state index contributed by atoms with van der Waals surface area (Å²) in [6.07, 6.45) is 2.59. The smallest absolute Gasteiger partial charge is 0.135 e. The molecule has 5 rings (SSSR count). The van der Waals surface area contributed by atoms with Crippen molar-refractivity contribution in [1.29, 1.82) is 0 Å². The molecule has 28 heavy (non-hydrogen) atoms. The zero-order valence-electron chi connectivity index (χ0n) is 16.2. The number of rotatable bonds is 4. The summed E-state index contributed by atoms with van der Waals surface area (Å²) in [7, 11) is 0. The van der Waals surface area contributed by atoms with Crippen LogP contribution in [0, 0.1) is 0 Å². The van der Waals surface area contributed by atoms with Crippen LogP contribution in [-0.2, 0) is 6.54 Å². The van der Waals surface area contributed by atoms with E-state index in [0.717, 1.165) is 50.3 Å². The van der Waals surface area contributed by atoms with Crippen LogP contribution in [0.4, 0.5) is 5.69 Å². The number of aromatic nitrogens is 2. The van der Waals surface area contributed by atoms with Gasteiger partial charge in [0.1, 0.15) is 11.0 Å². The van der Waals surface area contributed by atoms with Crippen LogP contribution in [0.15, 0.2) is 53.2 Å². The van der Waals surface area contributed by atoms with Crippen LogP contribution >= 0.6 is 0 Å². The SMILES string of the molecule is c1ccc(N2CCN([C@H]3CCCN(Cc4ccc5nonc5c4)C3)CC2)cc1. The molecule has 0 bridgehead atoms. The number of likely N-dealkylation sites (tertiary alicyclic amines) is 1. The zero-order valence-corrected chi connectivity index (χ0v) is 16.2. The van der Waals surface area contributed by atoms with Crippen LogP contribution in [0.25, 0.3) is 11.0 Å². The molecular formula is C22H27N5O. The molecule has 6 heteroatoms. The van der Waals surface area contributed by atoms with Gasteiger partial charge in [0.25, 0.3) is 0 Å². The Kier molecular flexibility index (Phi) is 4.97. The van der Waals surface area contributed by atoms with Crippen molar-refractivity contribution < 1.29 is 4.63 Å². The van der Waals surface area contributed by atoms with Gasteiger partial charge in [-0.1, -0.05) is 24.3 Å². The molecule has 0 spiro atoms. The lowest BCUT2D eigenvalue weighted by Crippen LogP contribution is -2.55. The Balaban J connectivity index is 1.18. The fourth-order valence-electron chi connectivity index (χ4n) is 4.64. The minimum absolute atomic E-state index is 0.670. The fraction of sp³-hybridized carbons (Fsp3) is 0.455. The van der Waals surface area contributed by atoms with Gasteiger partial charge >= 0.3 is 0 Å². The predicted molar refractivity (Wildman–Crippen MR) is 110 cm³/mol. The summed E-state index contributed by atoms with van der Waals surface area (Å²) < 4.78 is 4.82. The first kappa shape index (κ1) is 17.6. The van der Waals surface area contributed by atoms with Crippen molar-refractivity contribution in [3.63, 3.8) is 0 Å². The Morgan fingerprint density at radius 1 is 0.893 bits per heavy atom. The second-order valence-corrected chi connectivity index (χ2v) is 7.98. The highest BCUT2D eigenvalue weighted by Gasteiger charge is 2.28. The van der Waals surface area contributed by atoms with E-state index < -0.39 is 0 Å². The molecule has 2 aliphatic rings. The Bertz CT molecular complexity index is 903. The quantitative estimate of drug-likeness (QED) is 0.697. The average molecular weight is 377 g/mol. The Hall–Kier alpha value is -2.44. The maximum absolute atomic E-state index is 4.82. The average Bonchev–Trinajstić information content (AvgIpc) is 3.23. The van der Waals surface area contributed by atoms with Gasteiger partial charge in [-0.3, -0.25) is 9.80 Å². The monoisotopic (exact) mass is 377 g/mol. The van der Waals surface area contributed by atoms with E-state index in [1.807, 2.05) is 6.07 Å². The summed E-state index contributed by atoms with van der Waals surface area (Å²) in [4.78, 5) is 7.81. The molecule has 0 N–H and O–H groups in total. The lowest BCUT2D eigenvalue weighted by atomic mass is 10.0. The molecule has 146 valence electrons. The highest BCUT2D eigenvalue weighted by atomic mass is 16.6. The van der Waals surface area contributed by atoms with Crippen LogP contribution in [0.1, 0.15) is 18.4 Å². The van der Waals surface area contributed by atoms with Gasteiger partial charge in [0.2, 0.25) is 0 Å². The van der Waals surface area contributed by atoms with Gasteiger partial charge in [0.05, 0.1) is 0 Å². The van der Waals surface area contributed by atoms with Crippen LogP contribution in [-0.4, -0.2) is 65.4 Å². The van der Waals surface area contributed by atoms with Gasteiger partial charge in [-0.05, 0) is 59.5 Å². The van der Waals surface area contributed by atoms with Crippen molar-refractivity contribution in [2.75, 3.05) is 44.2 Å². The molecule has 0 radical (unpaired) electrons. The first-order chi connectivity index (χ1) is 13.8. The van der Waals surface area contributed by atoms with Crippen LogP contribution in [0.5, 0.6) is 0 Å². The molecule has 2 fully saturated rings. The van der Waals surface area contributed by atoms with Gasteiger partial charge in [-0.2, -0.15) is 0 Å². The molecule has 0 aliphatic carbocycles. The van der Waals surface area contributed by atoms with Gasteiger partial charge in [0, 0.05) is 51.0 Å². The molecular weight excluding hydrogens is 350 g/mol. The third-order valence-corrected chi connectivity index (χ3v) is 6.16. The first-order valence-electron chi connectivity index (χ1n) is 10.3. The predicted octanol–water partition coefficient (Wildman–Crippen LogP) is 3.01. The normalized spacial score (nSPS) is 22.0. The van der Waals surface area contributed by atoms with E-state index >= 15 is 0 Å². The van der Waals surface area contributed by atoms with E-state index in [4.69, 9.17) is 4.63 Å². The lowest BCUT2D eigenvalue weighted by molar-refractivity contribution is 0.0888. The van der Waals surface area contributed by atoms with E-state index in [9.17, 15) is 0 Å². The van der Waals surface area contributed by atoms with E-state index in [-0.39, 0.29) is 0 Å². The second-order valence-electron chi connectivity index (χ2n) is 7.98. The Labute approximate surface area is 165 Å². The number of piperazine rings is 1. The summed E-state index contributed by atoms with van der Waals surface area (Å²) >= 11 is 0. The summed E-state index contributed by atoms with van der Waals surface area (Å²) in [6, 6.07) is 17.7. The highest BCUT2D eigenvalue weighted by molar-refractivity contribution is 5.73. The molecule has 3 aromatic rings. The van der Waals surface area contributed by atoms with Gasteiger partial charge in [-0.25, -0.2) is 4.63 Å². The summed E-state index contributed by atoms with van der Waals surface area (Å²) in [5.74, 6) is 0. The van der Waals surface area contributed by atoms with E-state index in [1.54, 1.807) is 0 Å². The number of piperidine rings is 1. The Morgan fingerprint density at radius 2 is 1.71 bits per heavy atom. The standard InChI is InChI=1S/C22H27N5O/c1-2-5-19(6-3-1)26-11-13-27(14-12-26)20-7-4-10-25(17-20)16-18-8-9-21-22(15-18)24-28-23-21/h1-3,5-6,8-9,15,20H,4,7,10-14,16-17H2/t20-/m0/s1. The largest absolute Gasteiger partial charge is 0.369 e. The van der Waals surface area contributed by atoms with Crippen LogP contribution < -0.4 is 4.90 Å². The molecule has 0 unspecified atom stereocenters. The molecule has 0 saturated carbocycles. The molecule has 2 aromatic carbocycles.